The van der Waals surface area contributed by atoms with Crippen molar-refractivity contribution in [2.24, 2.45) is 0 Å². The van der Waals surface area contributed by atoms with E-state index in [-0.39, 0.29) is 0 Å². The number of hydrogen-bond acceptors (Lipinski definition) is 3. The molecule has 0 bridgehead atoms. The highest BCUT2D eigenvalue weighted by atomic mass is 32.1. The number of hydrogen-bond donors (Lipinski definition) is 0. The van der Waals surface area contributed by atoms with E-state index in [1.807, 2.05) is 0 Å². The largest absolute Gasteiger partial charge is 0.138 e. The normalized spacial score (nSPS) is 14.2. The van der Waals surface area contributed by atoms with Crippen LogP contribution in [-0.2, 0) is 12.8 Å². The zero-order chi connectivity index (χ0) is 10.3. The van der Waals surface area contributed by atoms with Gasteiger partial charge in [-0.25, -0.2) is 0 Å². The second-order valence-electron chi connectivity index (χ2n) is 4.06. The summed E-state index contributed by atoms with van der Waals surface area (Å²) in [4.78, 5) is 1.35. The van der Waals surface area contributed by atoms with Crippen molar-refractivity contribution in [1.29, 1.82) is 0 Å². The van der Waals surface area contributed by atoms with Crippen LogP contribution < -0.4 is 0 Å². The molecule has 0 saturated carbocycles. The fraction of sp³-hybridized carbons (Fsp3) is 0.333. The van der Waals surface area contributed by atoms with Gasteiger partial charge in [0.15, 0.2) is 0 Å². The molecular formula is C12H12N2S. The van der Waals surface area contributed by atoms with E-state index in [1.54, 1.807) is 11.5 Å². The minimum atomic E-state index is 1.12. The quantitative estimate of drug-likeness (QED) is 0.676. The third kappa shape index (κ3) is 1.47. The molecule has 0 aliphatic heterocycles. The van der Waals surface area contributed by atoms with Crippen LogP contribution in [0.3, 0.4) is 0 Å². The van der Waals surface area contributed by atoms with Gasteiger partial charge < -0.3 is 0 Å². The van der Waals surface area contributed by atoms with Gasteiger partial charge >= 0.3 is 0 Å². The third-order valence-corrected chi connectivity index (χ3v) is 3.71. The SMILES string of the molecule is Cc1ccc2c(c1)-c1nnsc1CCC2. The smallest absolute Gasteiger partial charge is 0.109 e. The molecule has 0 radical (unpaired) electrons. The van der Waals surface area contributed by atoms with Gasteiger partial charge in [-0.15, -0.1) is 5.10 Å². The van der Waals surface area contributed by atoms with Crippen molar-refractivity contribution >= 4 is 11.5 Å². The molecule has 1 aliphatic carbocycles. The minimum absolute atomic E-state index is 1.12. The fourth-order valence-corrected chi connectivity index (χ4v) is 2.84. The molecule has 2 aromatic rings. The molecule has 1 aromatic heterocycles. The predicted octanol–water partition coefficient (Wildman–Crippen LogP) is 3.00. The Bertz CT molecular complexity index is 502. The lowest BCUT2D eigenvalue weighted by Crippen LogP contribution is -1.89. The van der Waals surface area contributed by atoms with Gasteiger partial charge in [-0.1, -0.05) is 22.2 Å². The van der Waals surface area contributed by atoms with E-state index in [2.05, 4.69) is 34.7 Å². The van der Waals surface area contributed by atoms with E-state index in [9.17, 15) is 0 Å². The maximum Gasteiger partial charge on any atom is 0.109 e. The molecule has 3 rings (SSSR count). The molecule has 15 heavy (non-hydrogen) atoms. The van der Waals surface area contributed by atoms with Crippen molar-refractivity contribution in [1.82, 2.24) is 9.59 Å². The monoisotopic (exact) mass is 216 g/mol. The Morgan fingerprint density at radius 1 is 1.27 bits per heavy atom. The lowest BCUT2D eigenvalue weighted by atomic mass is 10.0. The highest BCUT2D eigenvalue weighted by Gasteiger charge is 2.17. The first kappa shape index (κ1) is 9.04. The topological polar surface area (TPSA) is 25.8 Å². The van der Waals surface area contributed by atoms with Gasteiger partial charge in [0.2, 0.25) is 0 Å². The molecule has 0 amide bonds. The second kappa shape index (κ2) is 3.42. The Kier molecular flexibility index (Phi) is 2.06. The van der Waals surface area contributed by atoms with Crippen LogP contribution in [0.15, 0.2) is 18.2 Å². The molecular weight excluding hydrogens is 204 g/mol. The van der Waals surface area contributed by atoms with Gasteiger partial charge in [0.05, 0.1) is 4.88 Å². The lowest BCUT2D eigenvalue weighted by Gasteiger charge is -2.05. The van der Waals surface area contributed by atoms with E-state index in [1.165, 1.54) is 34.4 Å². The molecule has 0 atom stereocenters. The Morgan fingerprint density at radius 2 is 2.20 bits per heavy atom. The van der Waals surface area contributed by atoms with Crippen molar-refractivity contribution in [2.75, 3.05) is 0 Å². The molecule has 0 N–H and O–H groups in total. The molecule has 76 valence electrons. The van der Waals surface area contributed by atoms with Gasteiger partial charge in [-0.2, -0.15) is 0 Å². The van der Waals surface area contributed by atoms with Crippen molar-refractivity contribution in [3.63, 3.8) is 0 Å². The maximum atomic E-state index is 4.27. The average Bonchev–Trinajstić information content (AvgIpc) is 2.62. The Balaban J connectivity index is 2.27. The number of benzene rings is 1. The Hall–Kier alpha value is -1.22. The first-order chi connectivity index (χ1) is 7.34. The van der Waals surface area contributed by atoms with Crippen LogP contribution in [-0.4, -0.2) is 9.59 Å². The second-order valence-corrected chi connectivity index (χ2v) is 4.90. The van der Waals surface area contributed by atoms with E-state index in [0.29, 0.717) is 0 Å². The Labute approximate surface area is 93.1 Å². The highest BCUT2D eigenvalue weighted by molar-refractivity contribution is 7.06. The van der Waals surface area contributed by atoms with Gasteiger partial charge in [-0.05, 0) is 49.3 Å². The zero-order valence-electron chi connectivity index (χ0n) is 8.66. The first-order valence-corrected chi connectivity index (χ1v) is 6.03. The van der Waals surface area contributed by atoms with Gasteiger partial charge in [0, 0.05) is 5.56 Å². The molecule has 0 unspecified atom stereocenters. The van der Waals surface area contributed by atoms with Gasteiger partial charge in [-0.3, -0.25) is 0 Å². The zero-order valence-corrected chi connectivity index (χ0v) is 9.47. The summed E-state index contributed by atoms with van der Waals surface area (Å²) < 4.78 is 4.07. The minimum Gasteiger partial charge on any atom is -0.138 e. The standard InChI is InChI=1S/C12H12N2S/c1-8-5-6-9-3-2-4-11-12(10(9)7-8)13-14-15-11/h5-7H,2-4H2,1H3. The van der Waals surface area contributed by atoms with E-state index in [0.717, 1.165) is 12.1 Å². The number of rotatable bonds is 0. The molecule has 3 heteroatoms. The van der Waals surface area contributed by atoms with Crippen LogP contribution in [0.1, 0.15) is 22.4 Å². The summed E-state index contributed by atoms with van der Waals surface area (Å²) in [6.07, 6.45) is 3.51. The molecule has 2 nitrogen and oxygen atoms in total. The summed E-state index contributed by atoms with van der Waals surface area (Å²) in [5.41, 5.74) is 5.15. The molecule has 0 fully saturated rings. The Morgan fingerprint density at radius 3 is 3.13 bits per heavy atom. The van der Waals surface area contributed by atoms with Crippen LogP contribution in [0.5, 0.6) is 0 Å². The average molecular weight is 216 g/mol. The van der Waals surface area contributed by atoms with E-state index < -0.39 is 0 Å². The molecule has 0 spiro atoms. The third-order valence-electron chi connectivity index (χ3n) is 2.93. The molecule has 1 heterocycles. The molecule has 1 aromatic carbocycles. The summed E-state index contributed by atoms with van der Waals surface area (Å²) in [5, 5.41) is 4.27. The summed E-state index contributed by atoms with van der Waals surface area (Å²) in [6.45, 7) is 2.13. The predicted molar refractivity (Wildman–Crippen MR) is 62.1 cm³/mol. The first-order valence-electron chi connectivity index (χ1n) is 5.26. The molecule has 1 aliphatic rings. The summed E-state index contributed by atoms with van der Waals surface area (Å²) in [5.74, 6) is 0. The summed E-state index contributed by atoms with van der Waals surface area (Å²) in [7, 11) is 0. The summed E-state index contributed by atoms with van der Waals surface area (Å²) >= 11 is 1.55. The van der Waals surface area contributed by atoms with Crippen LogP contribution in [0.2, 0.25) is 0 Å². The highest BCUT2D eigenvalue weighted by Crippen LogP contribution is 2.32. The van der Waals surface area contributed by atoms with E-state index >= 15 is 0 Å². The maximum absolute atomic E-state index is 4.27. The number of fused-ring (bicyclic) bond motifs is 3. The number of nitrogens with zero attached hydrogens (tertiary/aromatic N) is 2. The van der Waals surface area contributed by atoms with Gasteiger partial charge in [0.25, 0.3) is 0 Å². The van der Waals surface area contributed by atoms with Crippen LogP contribution in [0.4, 0.5) is 0 Å². The van der Waals surface area contributed by atoms with Crippen LogP contribution in [0.25, 0.3) is 11.3 Å². The number of aryl methyl sites for hydroxylation is 3. The van der Waals surface area contributed by atoms with Crippen LogP contribution in [0, 0.1) is 6.92 Å². The van der Waals surface area contributed by atoms with Gasteiger partial charge in [0.1, 0.15) is 5.69 Å². The van der Waals surface area contributed by atoms with Crippen LogP contribution >= 0.6 is 11.5 Å². The van der Waals surface area contributed by atoms with E-state index in [4.69, 9.17) is 0 Å². The van der Waals surface area contributed by atoms with Crippen molar-refractivity contribution in [2.45, 2.75) is 26.2 Å². The number of aromatic nitrogens is 2. The fourth-order valence-electron chi connectivity index (χ4n) is 2.15. The summed E-state index contributed by atoms with van der Waals surface area (Å²) in [6, 6.07) is 6.66. The van der Waals surface area contributed by atoms with Crippen molar-refractivity contribution in [3.8, 4) is 11.3 Å². The lowest BCUT2D eigenvalue weighted by molar-refractivity contribution is 0.843. The molecule has 0 saturated heterocycles. The van der Waals surface area contributed by atoms with Crippen molar-refractivity contribution < 1.29 is 0 Å². The van der Waals surface area contributed by atoms with Crippen molar-refractivity contribution in [3.05, 3.63) is 34.2 Å².